The third-order valence-electron chi connectivity index (χ3n) is 8.19. The van der Waals surface area contributed by atoms with Crippen molar-refractivity contribution in [3.05, 3.63) is 70.8 Å². The first-order valence-corrected chi connectivity index (χ1v) is 14.3. The summed E-state index contributed by atoms with van der Waals surface area (Å²) in [4.78, 5) is 43.4. The van der Waals surface area contributed by atoms with Crippen LogP contribution in [0.15, 0.2) is 48.5 Å². The normalized spacial score (nSPS) is 20.1. The lowest BCUT2D eigenvalue weighted by Gasteiger charge is -2.52. The van der Waals surface area contributed by atoms with Crippen molar-refractivity contribution in [2.75, 3.05) is 19.6 Å². The van der Waals surface area contributed by atoms with E-state index < -0.39 is 17.7 Å². The van der Waals surface area contributed by atoms with Crippen molar-refractivity contribution in [2.24, 2.45) is 5.92 Å². The first kappa shape index (κ1) is 29.7. The van der Waals surface area contributed by atoms with E-state index >= 15 is 0 Å². The van der Waals surface area contributed by atoms with E-state index in [2.05, 4.69) is 15.5 Å². The zero-order chi connectivity index (χ0) is 28.9. The first-order valence-electron chi connectivity index (χ1n) is 14.3. The smallest absolute Gasteiger partial charge is 0.251 e. The van der Waals surface area contributed by atoms with E-state index in [1.807, 2.05) is 69.3 Å². The van der Waals surface area contributed by atoms with Gasteiger partial charge in [0.1, 0.15) is 11.6 Å². The second-order valence-electron chi connectivity index (χ2n) is 11.3. The van der Waals surface area contributed by atoms with Crippen molar-refractivity contribution in [3.8, 4) is 0 Å². The molecule has 3 amide bonds. The molecule has 2 aromatic rings. The number of aliphatic hydroxyl groups is 2. The van der Waals surface area contributed by atoms with Gasteiger partial charge in [-0.05, 0) is 54.0 Å². The minimum absolute atomic E-state index is 0.00648. The van der Waals surface area contributed by atoms with Crippen molar-refractivity contribution in [1.82, 2.24) is 20.4 Å². The minimum atomic E-state index is -0.920. The van der Waals surface area contributed by atoms with Crippen LogP contribution in [0.2, 0.25) is 0 Å². The molecule has 40 heavy (non-hydrogen) atoms. The van der Waals surface area contributed by atoms with Crippen LogP contribution in [0.25, 0.3) is 0 Å². The van der Waals surface area contributed by atoms with Crippen LogP contribution in [0.4, 0.5) is 0 Å². The molecule has 216 valence electrons. The Morgan fingerprint density at radius 2 is 1.62 bits per heavy atom. The summed E-state index contributed by atoms with van der Waals surface area (Å²) in [6, 6.07) is 14.1. The topological polar surface area (TPSA) is 122 Å². The lowest BCUT2D eigenvalue weighted by molar-refractivity contribution is -0.165. The Bertz CT molecular complexity index is 1170. The summed E-state index contributed by atoms with van der Waals surface area (Å²) in [6.07, 6.45) is 0.894. The van der Waals surface area contributed by atoms with Crippen LogP contribution in [-0.4, -0.2) is 75.1 Å². The summed E-state index contributed by atoms with van der Waals surface area (Å²) in [5.74, 6) is -0.643. The van der Waals surface area contributed by atoms with Gasteiger partial charge in [-0.25, -0.2) is 0 Å². The molecule has 0 saturated carbocycles. The van der Waals surface area contributed by atoms with Gasteiger partial charge in [0.25, 0.3) is 5.91 Å². The van der Waals surface area contributed by atoms with Crippen molar-refractivity contribution in [1.29, 1.82) is 0 Å². The third kappa shape index (κ3) is 6.37. The molecule has 2 fully saturated rings. The zero-order valence-corrected chi connectivity index (χ0v) is 23.7. The van der Waals surface area contributed by atoms with Crippen LogP contribution >= 0.6 is 0 Å². The lowest BCUT2D eigenvalue weighted by Crippen LogP contribution is -2.74. The summed E-state index contributed by atoms with van der Waals surface area (Å²) in [5.41, 5.74) is 2.57. The van der Waals surface area contributed by atoms with E-state index in [4.69, 9.17) is 5.11 Å². The highest BCUT2D eigenvalue weighted by molar-refractivity contribution is 6.00. The first-order chi connectivity index (χ1) is 19.2. The molecule has 2 aromatic carbocycles. The number of likely N-dealkylation sites (tertiary alicyclic amines) is 1. The Balaban J connectivity index is 1.33. The van der Waals surface area contributed by atoms with Gasteiger partial charge < -0.3 is 25.7 Å². The molecule has 0 aliphatic carbocycles. The summed E-state index contributed by atoms with van der Waals surface area (Å²) in [7, 11) is 0. The monoisotopic (exact) mass is 550 g/mol. The van der Waals surface area contributed by atoms with Crippen molar-refractivity contribution in [3.63, 3.8) is 0 Å². The van der Waals surface area contributed by atoms with Gasteiger partial charge in [0.05, 0.1) is 12.7 Å². The van der Waals surface area contributed by atoms with Crippen LogP contribution in [0.1, 0.15) is 67.1 Å². The Kier molecular flexibility index (Phi) is 9.60. The van der Waals surface area contributed by atoms with Gasteiger partial charge >= 0.3 is 0 Å². The largest absolute Gasteiger partial charge is 0.392 e. The molecule has 0 bridgehead atoms. The third-order valence-corrected chi connectivity index (χ3v) is 8.19. The molecule has 2 aliphatic rings. The predicted molar refractivity (Wildman–Crippen MR) is 152 cm³/mol. The Morgan fingerprint density at radius 3 is 2.20 bits per heavy atom. The maximum Gasteiger partial charge on any atom is 0.251 e. The quantitative estimate of drug-likeness (QED) is 0.360. The fourth-order valence-corrected chi connectivity index (χ4v) is 5.65. The Hall–Kier alpha value is -3.27. The molecule has 0 radical (unpaired) electrons. The number of hydrogen-bond donors (Lipinski definition) is 4. The number of amides is 3. The molecule has 0 unspecified atom stereocenters. The maximum atomic E-state index is 13.4. The van der Waals surface area contributed by atoms with Gasteiger partial charge in [-0.3, -0.25) is 19.3 Å². The number of carbonyl (C=O) groups is 3. The molecule has 2 atom stereocenters. The van der Waals surface area contributed by atoms with E-state index in [0.29, 0.717) is 51.1 Å². The second-order valence-corrected chi connectivity index (χ2v) is 11.3. The van der Waals surface area contributed by atoms with Gasteiger partial charge in [0.2, 0.25) is 11.8 Å². The molecule has 2 aliphatic heterocycles. The molecule has 9 nitrogen and oxygen atoms in total. The average Bonchev–Trinajstić information content (AvgIpc) is 2.97. The molecule has 4 rings (SSSR count). The SMILES string of the molecule is CCCN1C(=O)[C@@H]([C@H](O)C(C)C)NC(=O)C12CCN(Cc1ccc(C(=O)NCc3ccc(CO)cc3)cc1)CC2. The highest BCUT2D eigenvalue weighted by atomic mass is 16.3. The number of nitrogens with zero attached hydrogens (tertiary/aromatic N) is 2. The van der Waals surface area contributed by atoms with Gasteiger partial charge in [-0.2, -0.15) is 0 Å². The van der Waals surface area contributed by atoms with Gasteiger partial charge in [-0.15, -0.1) is 0 Å². The lowest BCUT2D eigenvalue weighted by atomic mass is 9.80. The number of aliphatic hydroxyl groups excluding tert-OH is 2. The standard InChI is InChI=1S/C31H42N4O5/c1-4-15-35-29(39)26(27(37)21(2)3)33-30(40)31(35)13-16-34(17-14-31)19-23-9-11-25(12-10-23)28(38)32-18-22-5-7-24(20-36)8-6-22/h5-12,21,26-27,36-37H,4,13-20H2,1-3H3,(H,32,38)(H,33,40)/t26-,27-/m1/s1. The van der Waals surface area contributed by atoms with Crippen molar-refractivity contribution >= 4 is 17.7 Å². The molecule has 0 aromatic heterocycles. The zero-order valence-electron chi connectivity index (χ0n) is 23.7. The molecular weight excluding hydrogens is 508 g/mol. The molecule has 4 N–H and O–H groups in total. The fourth-order valence-electron chi connectivity index (χ4n) is 5.65. The van der Waals surface area contributed by atoms with Crippen molar-refractivity contribution < 1.29 is 24.6 Å². The molecule has 9 heteroatoms. The Morgan fingerprint density at radius 1 is 1.02 bits per heavy atom. The number of piperazine rings is 1. The van der Waals surface area contributed by atoms with E-state index in [1.165, 1.54) is 0 Å². The number of nitrogens with one attached hydrogen (secondary N) is 2. The summed E-state index contributed by atoms with van der Waals surface area (Å²) in [6.45, 7) is 8.59. The molecule has 2 heterocycles. The number of hydrogen-bond acceptors (Lipinski definition) is 6. The number of carbonyl (C=O) groups excluding carboxylic acids is 3. The van der Waals surface area contributed by atoms with E-state index in [0.717, 1.165) is 23.1 Å². The summed E-state index contributed by atoms with van der Waals surface area (Å²) >= 11 is 0. The average molecular weight is 551 g/mol. The van der Waals surface area contributed by atoms with E-state index in [9.17, 15) is 19.5 Å². The highest BCUT2D eigenvalue weighted by Crippen LogP contribution is 2.34. The van der Waals surface area contributed by atoms with E-state index in [-0.39, 0.29) is 30.2 Å². The minimum Gasteiger partial charge on any atom is -0.392 e. The van der Waals surface area contributed by atoms with Crippen LogP contribution in [0, 0.1) is 5.92 Å². The number of benzene rings is 2. The summed E-state index contributed by atoms with van der Waals surface area (Å²) < 4.78 is 0. The fraction of sp³-hybridized carbons (Fsp3) is 0.516. The molecular formula is C31H42N4O5. The van der Waals surface area contributed by atoms with Gasteiger partial charge in [0.15, 0.2) is 0 Å². The van der Waals surface area contributed by atoms with Crippen LogP contribution in [0.5, 0.6) is 0 Å². The molecule has 1 spiro atoms. The maximum absolute atomic E-state index is 13.4. The summed E-state index contributed by atoms with van der Waals surface area (Å²) in [5, 5.41) is 25.5. The van der Waals surface area contributed by atoms with Crippen LogP contribution in [-0.2, 0) is 29.3 Å². The highest BCUT2D eigenvalue weighted by Gasteiger charge is 2.54. The predicted octanol–water partition coefficient (Wildman–Crippen LogP) is 2.20. The van der Waals surface area contributed by atoms with Gasteiger partial charge in [-0.1, -0.05) is 57.2 Å². The van der Waals surface area contributed by atoms with E-state index in [1.54, 1.807) is 4.90 Å². The van der Waals surface area contributed by atoms with Crippen LogP contribution < -0.4 is 10.6 Å². The molecule has 2 saturated heterocycles. The van der Waals surface area contributed by atoms with Crippen molar-refractivity contribution in [2.45, 2.75) is 77.4 Å². The Labute approximate surface area is 236 Å². The number of rotatable bonds is 10. The number of piperidine rings is 1. The second kappa shape index (κ2) is 12.9. The van der Waals surface area contributed by atoms with Gasteiger partial charge in [0, 0.05) is 38.3 Å². The van der Waals surface area contributed by atoms with Crippen LogP contribution in [0.3, 0.4) is 0 Å².